The number of aliphatic imine (C=N–C) groups is 1. The highest BCUT2D eigenvalue weighted by molar-refractivity contribution is 6.29. The average Bonchev–Trinajstić information content (AvgIpc) is 2.33. The van der Waals surface area contributed by atoms with E-state index in [9.17, 15) is 0 Å². The average molecular weight is 153 g/mol. The van der Waals surface area contributed by atoms with Crippen LogP contribution in [-0.2, 0) is 6.54 Å². The molecule has 2 rings (SSSR count). The summed E-state index contributed by atoms with van der Waals surface area (Å²) in [6, 6.07) is 1.85. The monoisotopic (exact) mass is 152 g/mol. The van der Waals surface area contributed by atoms with Crippen molar-refractivity contribution < 1.29 is 0 Å². The number of aromatic nitrogens is 1. The summed E-state index contributed by atoms with van der Waals surface area (Å²) in [5, 5.41) is 0.546. The first kappa shape index (κ1) is 5.86. The highest BCUT2D eigenvalue weighted by atomic mass is 35.5. The summed E-state index contributed by atoms with van der Waals surface area (Å²) in [5.41, 5.74) is 2.25. The van der Waals surface area contributed by atoms with E-state index < -0.39 is 0 Å². The third-order valence-corrected chi connectivity index (χ3v) is 1.69. The lowest BCUT2D eigenvalue weighted by atomic mass is 10.2. The third kappa shape index (κ3) is 0.809. The zero-order chi connectivity index (χ0) is 6.97. The Morgan fingerprint density at radius 1 is 1.50 bits per heavy atom. The molecular formula is C7H5ClN2. The summed E-state index contributed by atoms with van der Waals surface area (Å²) < 4.78 is 0. The lowest BCUT2D eigenvalue weighted by Gasteiger charge is -1.94. The predicted molar refractivity (Wildman–Crippen MR) is 40.5 cm³/mol. The maximum absolute atomic E-state index is 5.66. The lowest BCUT2D eigenvalue weighted by Crippen LogP contribution is -1.85. The second kappa shape index (κ2) is 2.06. The molecule has 0 aromatic carbocycles. The molecule has 1 aromatic heterocycles. The van der Waals surface area contributed by atoms with Gasteiger partial charge in [-0.25, -0.2) is 4.98 Å². The van der Waals surface area contributed by atoms with Crippen LogP contribution in [0.2, 0.25) is 5.15 Å². The van der Waals surface area contributed by atoms with Gasteiger partial charge in [0.25, 0.3) is 0 Å². The molecule has 0 spiro atoms. The van der Waals surface area contributed by atoms with Crippen molar-refractivity contribution in [2.75, 3.05) is 0 Å². The number of hydrogen-bond donors (Lipinski definition) is 0. The van der Waals surface area contributed by atoms with Gasteiger partial charge in [0.1, 0.15) is 5.15 Å². The highest BCUT2D eigenvalue weighted by Crippen LogP contribution is 2.16. The Balaban J connectivity index is 2.59. The van der Waals surface area contributed by atoms with Gasteiger partial charge in [0, 0.05) is 18.0 Å². The molecule has 0 atom stereocenters. The first-order chi connectivity index (χ1) is 4.86. The molecule has 1 aliphatic rings. The van der Waals surface area contributed by atoms with Gasteiger partial charge < -0.3 is 0 Å². The van der Waals surface area contributed by atoms with Crippen LogP contribution in [0.3, 0.4) is 0 Å². The second-order valence-corrected chi connectivity index (χ2v) is 2.56. The molecule has 0 N–H and O–H groups in total. The molecule has 0 saturated carbocycles. The fraction of sp³-hybridized carbons (Fsp3) is 0.143. The zero-order valence-electron chi connectivity index (χ0n) is 5.21. The fourth-order valence-corrected chi connectivity index (χ4v) is 1.15. The van der Waals surface area contributed by atoms with Gasteiger partial charge in [-0.1, -0.05) is 11.6 Å². The number of fused-ring (bicyclic) bond motifs is 1. The Labute approximate surface area is 63.6 Å². The van der Waals surface area contributed by atoms with E-state index in [0.29, 0.717) is 5.15 Å². The van der Waals surface area contributed by atoms with E-state index in [1.54, 1.807) is 6.20 Å². The summed E-state index contributed by atoms with van der Waals surface area (Å²) >= 11 is 5.66. The molecule has 3 heteroatoms. The molecule has 0 bridgehead atoms. The number of hydrogen-bond acceptors (Lipinski definition) is 2. The van der Waals surface area contributed by atoms with Crippen LogP contribution in [0.25, 0.3) is 0 Å². The molecule has 0 saturated heterocycles. The standard InChI is InChI=1S/C7H5ClN2/c8-7-1-5-2-9-3-6(5)4-10-7/h1,3-4H,2H2. The van der Waals surface area contributed by atoms with Gasteiger partial charge in [-0.15, -0.1) is 0 Å². The summed E-state index contributed by atoms with van der Waals surface area (Å²) in [4.78, 5) is 7.99. The van der Waals surface area contributed by atoms with E-state index >= 15 is 0 Å². The van der Waals surface area contributed by atoms with Gasteiger partial charge in [-0.3, -0.25) is 4.99 Å². The molecule has 1 aliphatic heterocycles. The summed E-state index contributed by atoms with van der Waals surface area (Å²) in [5.74, 6) is 0. The van der Waals surface area contributed by atoms with Crippen LogP contribution in [0, 0.1) is 0 Å². The molecule has 0 fully saturated rings. The zero-order valence-corrected chi connectivity index (χ0v) is 5.97. The molecule has 2 nitrogen and oxygen atoms in total. The first-order valence-corrected chi connectivity index (χ1v) is 3.38. The predicted octanol–water partition coefficient (Wildman–Crippen LogP) is 1.67. The van der Waals surface area contributed by atoms with Gasteiger partial charge in [-0.2, -0.15) is 0 Å². The van der Waals surface area contributed by atoms with Crippen LogP contribution in [0.4, 0.5) is 0 Å². The summed E-state index contributed by atoms with van der Waals surface area (Å²) in [7, 11) is 0. The Bertz CT molecular complexity index is 294. The quantitative estimate of drug-likeness (QED) is 0.519. The Morgan fingerprint density at radius 2 is 2.40 bits per heavy atom. The minimum Gasteiger partial charge on any atom is -0.288 e. The second-order valence-electron chi connectivity index (χ2n) is 2.18. The largest absolute Gasteiger partial charge is 0.288 e. The van der Waals surface area contributed by atoms with Crippen LogP contribution < -0.4 is 0 Å². The molecule has 2 heterocycles. The van der Waals surface area contributed by atoms with Crippen molar-refractivity contribution in [3.8, 4) is 0 Å². The minimum absolute atomic E-state index is 0.546. The van der Waals surface area contributed by atoms with E-state index in [1.165, 1.54) is 5.56 Å². The van der Waals surface area contributed by atoms with Crippen molar-refractivity contribution in [2.24, 2.45) is 4.99 Å². The third-order valence-electron chi connectivity index (χ3n) is 1.48. The summed E-state index contributed by atoms with van der Waals surface area (Å²) in [6.45, 7) is 0.748. The number of rotatable bonds is 0. The van der Waals surface area contributed by atoms with E-state index in [2.05, 4.69) is 9.98 Å². The SMILES string of the molecule is Clc1cc2c(cn1)C=NC2. The minimum atomic E-state index is 0.546. The van der Waals surface area contributed by atoms with Crippen molar-refractivity contribution in [1.82, 2.24) is 4.98 Å². The smallest absolute Gasteiger partial charge is 0.129 e. The molecule has 50 valence electrons. The Hall–Kier alpha value is -0.890. The van der Waals surface area contributed by atoms with Crippen LogP contribution in [0.1, 0.15) is 11.1 Å². The van der Waals surface area contributed by atoms with Gasteiger partial charge in [0.15, 0.2) is 0 Å². The topological polar surface area (TPSA) is 25.2 Å². The fourth-order valence-electron chi connectivity index (χ4n) is 0.974. The first-order valence-electron chi connectivity index (χ1n) is 3.00. The molecule has 0 unspecified atom stereocenters. The van der Waals surface area contributed by atoms with Crippen molar-refractivity contribution in [1.29, 1.82) is 0 Å². The number of pyridine rings is 1. The van der Waals surface area contributed by atoms with Crippen molar-refractivity contribution in [3.05, 3.63) is 28.5 Å². The van der Waals surface area contributed by atoms with Crippen LogP contribution >= 0.6 is 11.6 Å². The molecular weight excluding hydrogens is 148 g/mol. The molecule has 10 heavy (non-hydrogen) atoms. The Morgan fingerprint density at radius 3 is 3.30 bits per heavy atom. The lowest BCUT2D eigenvalue weighted by molar-refractivity contribution is 1.10. The molecule has 0 radical (unpaired) electrons. The number of nitrogens with zero attached hydrogens (tertiary/aromatic N) is 2. The van der Waals surface area contributed by atoms with Gasteiger partial charge in [0.05, 0.1) is 6.54 Å². The van der Waals surface area contributed by atoms with E-state index in [1.807, 2.05) is 12.3 Å². The van der Waals surface area contributed by atoms with E-state index in [0.717, 1.165) is 12.1 Å². The maximum atomic E-state index is 5.66. The summed E-state index contributed by atoms with van der Waals surface area (Å²) in [6.07, 6.45) is 3.56. The van der Waals surface area contributed by atoms with E-state index in [4.69, 9.17) is 11.6 Å². The van der Waals surface area contributed by atoms with E-state index in [-0.39, 0.29) is 0 Å². The molecule has 0 amide bonds. The van der Waals surface area contributed by atoms with Gasteiger partial charge in [0.2, 0.25) is 0 Å². The Kier molecular flexibility index (Phi) is 1.21. The maximum Gasteiger partial charge on any atom is 0.129 e. The van der Waals surface area contributed by atoms with Gasteiger partial charge in [-0.05, 0) is 11.6 Å². The van der Waals surface area contributed by atoms with Gasteiger partial charge >= 0.3 is 0 Å². The van der Waals surface area contributed by atoms with Crippen molar-refractivity contribution in [3.63, 3.8) is 0 Å². The van der Waals surface area contributed by atoms with Crippen LogP contribution in [0.15, 0.2) is 17.3 Å². The molecule has 1 aromatic rings. The number of halogens is 1. The normalized spacial score (nSPS) is 13.7. The van der Waals surface area contributed by atoms with Crippen LogP contribution in [0.5, 0.6) is 0 Å². The van der Waals surface area contributed by atoms with Crippen LogP contribution in [-0.4, -0.2) is 11.2 Å². The van der Waals surface area contributed by atoms with Crippen molar-refractivity contribution in [2.45, 2.75) is 6.54 Å². The molecule has 0 aliphatic carbocycles. The van der Waals surface area contributed by atoms with Crippen molar-refractivity contribution >= 4 is 17.8 Å². The highest BCUT2D eigenvalue weighted by Gasteiger charge is 2.05.